The summed E-state index contributed by atoms with van der Waals surface area (Å²) in [6.07, 6.45) is 17.5. The Hall–Kier alpha value is -1.83. The van der Waals surface area contributed by atoms with Crippen molar-refractivity contribution >= 4 is 6.21 Å². The van der Waals surface area contributed by atoms with Gasteiger partial charge in [0.05, 0.1) is 6.21 Å². The van der Waals surface area contributed by atoms with Crippen molar-refractivity contribution in [3.05, 3.63) is 58.7 Å². The van der Waals surface area contributed by atoms with Crippen molar-refractivity contribution in [3.8, 4) is 0 Å². The minimum Gasteiger partial charge on any atom is -0.411 e. The molecule has 1 aliphatic carbocycles. The maximum absolute atomic E-state index is 8.36. The highest BCUT2D eigenvalue weighted by Crippen LogP contribution is 2.40. The maximum atomic E-state index is 8.36. The monoisotopic (exact) mass is 299 g/mol. The summed E-state index contributed by atoms with van der Waals surface area (Å²) >= 11 is 0. The lowest BCUT2D eigenvalue weighted by Gasteiger charge is -2.32. The summed E-state index contributed by atoms with van der Waals surface area (Å²) in [5.74, 6) is 0. The summed E-state index contributed by atoms with van der Waals surface area (Å²) in [6, 6.07) is 0. The summed E-state index contributed by atoms with van der Waals surface area (Å²) in [7, 11) is 0. The molecule has 0 fully saturated rings. The van der Waals surface area contributed by atoms with Gasteiger partial charge in [0.2, 0.25) is 0 Å². The lowest BCUT2D eigenvalue weighted by atomic mass is 9.72. The highest BCUT2D eigenvalue weighted by atomic mass is 16.4. The van der Waals surface area contributed by atoms with Crippen LogP contribution in [0.3, 0.4) is 0 Å². The van der Waals surface area contributed by atoms with Gasteiger partial charge >= 0.3 is 0 Å². The number of hydrogen-bond acceptors (Lipinski definition) is 2. The molecule has 1 aliphatic rings. The second-order valence-corrected chi connectivity index (χ2v) is 6.71. The predicted octanol–water partition coefficient (Wildman–Crippen LogP) is 5.98. The van der Waals surface area contributed by atoms with Crippen molar-refractivity contribution in [2.45, 2.75) is 53.9 Å². The van der Waals surface area contributed by atoms with Crippen LogP contribution in [0.5, 0.6) is 0 Å². The van der Waals surface area contributed by atoms with Gasteiger partial charge < -0.3 is 5.21 Å². The molecule has 120 valence electrons. The predicted molar refractivity (Wildman–Crippen MR) is 96.4 cm³/mol. The van der Waals surface area contributed by atoms with E-state index >= 15 is 0 Å². The molecule has 22 heavy (non-hydrogen) atoms. The third-order valence-corrected chi connectivity index (χ3v) is 4.18. The Balaban J connectivity index is 2.77. The number of oxime groups is 1. The molecule has 0 saturated carbocycles. The Labute approximate surface area is 135 Å². The Bertz CT molecular complexity index is 554. The quantitative estimate of drug-likeness (QED) is 0.288. The summed E-state index contributed by atoms with van der Waals surface area (Å²) in [5.41, 5.74) is 5.57. The van der Waals surface area contributed by atoms with E-state index in [2.05, 4.69) is 51.1 Å². The molecule has 0 atom stereocenters. The lowest BCUT2D eigenvalue weighted by Crippen LogP contribution is -2.19. The van der Waals surface area contributed by atoms with Crippen LogP contribution >= 0.6 is 0 Å². The SMILES string of the molecule is CC1=C(/C=C/C(C)=C/C=C/C(C)=C/C=N/O)C(C)(C)CCC1. The standard InChI is InChI=1S/C20H29NO/c1-16(8-6-9-17(2)13-15-21-22)11-12-19-18(3)10-7-14-20(19,4)5/h6,8-9,11-13,15,22H,7,10,14H2,1-5H3/b9-6+,12-11+,16-8+,17-13+,21-15+. The minimum absolute atomic E-state index is 0.290. The van der Waals surface area contributed by atoms with E-state index in [1.165, 1.54) is 42.2 Å². The van der Waals surface area contributed by atoms with Gasteiger partial charge in [0.25, 0.3) is 0 Å². The first-order chi connectivity index (χ1) is 10.4. The summed E-state index contributed by atoms with van der Waals surface area (Å²) in [4.78, 5) is 0. The molecule has 0 aromatic carbocycles. The van der Waals surface area contributed by atoms with E-state index in [0.29, 0.717) is 0 Å². The van der Waals surface area contributed by atoms with E-state index in [4.69, 9.17) is 5.21 Å². The van der Waals surface area contributed by atoms with Crippen molar-refractivity contribution in [3.63, 3.8) is 0 Å². The molecule has 0 amide bonds. The van der Waals surface area contributed by atoms with E-state index < -0.39 is 0 Å². The summed E-state index contributed by atoms with van der Waals surface area (Å²) in [5, 5.41) is 11.3. The fraction of sp³-hybridized carbons (Fsp3) is 0.450. The maximum Gasteiger partial charge on any atom is 0.0664 e. The molecule has 0 aliphatic heterocycles. The Morgan fingerprint density at radius 1 is 1.14 bits per heavy atom. The van der Waals surface area contributed by atoms with Gasteiger partial charge in [0.15, 0.2) is 0 Å². The highest BCUT2D eigenvalue weighted by Gasteiger charge is 2.26. The van der Waals surface area contributed by atoms with E-state index in [1.54, 1.807) is 6.08 Å². The first-order valence-corrected chi connectivity index (χ1v) is 7.94. The molecule has 0 aromatic heterocycles. The molecular weight excluding hydrogens is 270 g/mol. The fourth-order valence-corrected chi connectivity index (χ4v) is 2.84. The number of allylic oxidation sites excluding steroid dienone is 10. The molecule has 0 spiro atoms. The van der Waals surface area contributed by atoms with Crippen LogP contribution < -0.4 is 0 Å². The molecule has 0 radical (unpaired) electrons. The summed E-state index contributed by atoms with van der Waals surface area (Å²) in [6.45, 7) is 11.0. The van der Waals surface area contributed by atoms with Crippen molar-refractivity contribution in [2.24, 2.45) is 10.6 Å². The van der Waals surface area contributed by atoms with Crippen LogP contribution in [-0.2, 0) is 0 Å². The Kier molecular flexibility index (Phi) is 7.10. The molecule has 0 heterocycles. The normalized spacial score (nSPS) is 20.8. The van der Waals surface area contributed by atoms with Crippen LogP contribution in [0.2, 0.25) is 0 Å². The van der Waals surface area contributed by atoms with Crippen LogP contribution in [0.15, 0.2) is 63.9 Å². The van der Waals surface area contributed by atoms with Gasteiger partial charge in [0.1, 0.15) is 0 Å². The van der Waals surface area contributed by atoms with E-state index in [1.807, 2.05) is 19.1 Å². The van der Waals surface area contributed by atoms with Gasteiger partial charge in [0, 0.05) is 0 Å². The van der Waals surface area contributed by atoms with Crippen LogP contribution in [0.4, 0.5) is 0 Å². The average molecular weight is 299 g/mol. The fourth-order valence-electron chi connectivity index (χ4n) is 2.84. The number of nitrogens with zero attached hydrogens (tertiary/aromatic N) is 1. The van der Waals surface area contributed by atoms with E-state index in [-0.39, 0.29) is 5.41 Å². The second-order valence-electron chi connectivity index (χ2n) is 6.71. The Morgan fingerprint density at radius 2 is 1.82 bits per heavy atom. The zero-order valence-electron chi connectivity index (χ0n) is 14.6. The molecule has 1 N–H and O–H groups in total. The molecule has 1 rings (SSSR count). The van der Waals surface area contributed by atoms with Crippen molar-refractivity contribution in [2.75, 3.05) is 0 Å². The smallest absolute Gasteiger partial charge is 0.0664 e. The third kappa shape index (κ3) is 5.88. The van der Waals surface area contributed by atoms with Crippen molar-refractivity contribution in [1.29, 1.82) is 0 Å². The van der Waals surface area contributed by atoms with Crippen LogP contribution in [-0.4, -0.2) is 11.4 Å². The highest BCUT2D eigenvalue weighted by molar-refractivity contribution is 5.72. The van der Waals surface area contributed by atoms with Gasteiger partial charge in [-0.3, -0.25) is 0 Å². The molecule has 2 nitrogen and oxygen atoms in total. The molecule has 0 saturated heterocycles. The second kappa shape index (κ2) is 8.57. The van der Waals surface area contributed by atoms with E-state index in [0.717, 1.165) is 5.57 Å². The lowest BCUT2D eigenvalue weighted by molar-refractivity contribution is 0.322. The summed E-state index contributed by atoms with van der Waals surface area (Å²) < 4.78 is 0. The topological polar surface area (TPSA) is 32.6 Å². The minimum atomic E-state index is 0.290. The van der Waals surface area contributed by atoms with E-state index in [9.17, 15) is 0 Å². The zero-order chi connectivity index (χ0) is 16.6. The van der Waals surface area contributed by atoms with Gasteiger partial charge in [-0.1, -0.05) is 60.5 Å². The number of rotatable bonds is 5. The van der Waals surface area contributed by atoms with Gasteiger partial charge in [-0.05, 0) is 62.7 Å². The molecular formula is C20H29NO. The van der Waals surface area contributed by atoms with Gasteiger partial charge in [-0.15, -0.1) is 0 Å². The number of hydrogen-bond donors (Lipinski definition) is 1. The third-order valence-electron chi connectivity index (χ3n) is 4.18. The van der Waals surface area contributed by atoms with Gasteiger partial charge in [-0.2, -0.15) is 0 Å². The van der Waals surface area contributed by atoms with Crippen LogP contribution in [0.1, 0.15) is 53.9 Å². The molecule has 0 aromatic rings. The first kappa shape index (κ1) is 18.2. The first-order valence-electron chi connectivity index (χ1n) is 7.94. The molecule has 0 unspecified atom stereocenters. The van der Waals surface area contributed by atoms with Crippen molar-refractivity contribution in [1.82, 2.24) is 0 Å². The van der Waals surface area contributed by atoms with Crippen LogP contribution in [0, 0.1) is 5.41 Å². The van der Waals surface area contributed by atoms with Crippen LogP contribution in [0.25, 0.3) is 0 Å². The Morgan fingerprint density at radius 3 is 2.45 bits per heavy atom. The molecule has 0 bridgehead atoms. The zero-order valence-corrected chi connectivity index (χ0v) is 14.6. The largest absolute Gasteiger partial charge is 0.411 e. The average Bonchev–Trinajstić information content (AvgIpc) is 2.43. The van der Waals surface area contributed by atoms with Crippen molar-refractivity contribution < 1.29 is 5.21 Å². The molecule has 2 heteroatoms. The van der Waals surface area contributed by atoms with Gasteiger partial charge in [-0.25, -0.2) is 0 Å².